The van der Waals surface area contributed by atoms with Crippen LogP contribution in [0.2, 0.25) is 0 Å². The molecule has 2 N–H and O–H groups in total. The SMILES string of the molecule is COC(=O)C(O)(CCc1ccccn1)C(=O)O. The second-order valence-corrected chi connectivity index (χ2v) is 3.48. The monoisotopic (exact) mass is 239 g/mol. The van der Waals surface area contributed by atoms with Crippen molar-refractivity contribution >= 4 is 11.9 Å². The van der Waals surface area contributed by atoms with Gasteiger partial charge in [-0.25, -0.2) is 9.59 Å². The highest BCUT2D eigenvalue weighted by Gasteiger charge is 2.45. The van der Waals surface area contributed by atoms with Gasteiger partial charge in [-0.3, -0.25) is 4.98 Å². The van der Waals surface area contributed by atoms with Gasteiger partial charge >= 0.3 is 11.9 Å². The Morgan fingerprint density at radius 3 is 2.65 bits per heavy atom. The van der Waals surface area contributed by atoms with E-state index in [0.29, 0.717) is 5.69 Å². The molecule has 0 aromatic carbocycles. The zero-order chi connectivity index (χ0) is 12.9. The van der Waals surface area contributed by atoms with E-state index in [4.69, 9.17) is 5.11 Å². The molecule has 0 aliphatic carbocycles. The maximum Gasteiger partial charge on any atom is 0.349 e. The fourth-order valence-electron chi connectivity index (χ4n) is 1.32. The largest absolute Gasteiger partial charge is 0.479 e. The van der Waals surface area contributed by atoms with E-state index >= 15 is 0 Å². The van der Waals surface area contributed by atoms with Crippen LogP contribution >= 0.6 is 0 Å². The second-order valence-electron chi connectivity index (χ2n) is 3.48. The predicted octanol–water partition coefficient (Wildman–Crippen LogP) is 0.00290. The van der Waals surface area contributed by atoms with Crippen LogP contribution in [-0.4, -0.2) is 39.8 Å². The number of carbonyl (C=O) groups is 2. The summed E-state index contributed by atoms with van der Waals surface area (Å²) in [6.45, 7) is 0. The molecule has 0 radical (unpaired) electrons. The van der Waals surface area contributed by atoms with E-state index in [9.17, 15) is 14.7 Å². The Hall–Kier alpha value is -1.95. The molecule has 0 aliphatic rings. The lowest BCUT2D eigenvalue weighted by Crippen LogP contribution is -2.47. The van der Waals surface area contributed by atoms with Gasteiger partial charge in [-0.05, 0) is 18.6 Å². The van der Waals surface area contributed by atoms with Crippen LogP contribution in [0.1, 0.15) is 12.1 Å². The van der Waals surface area contributed by atoms with Gasteiger partial charge in [-0.15, -0.1) is 0 Å². The molecule has 0 saturated carbocycles. The minimum absolute atomic E-state index is 0.165. The molecule has 0 aliphatic heterocycles. The second kappa shape index (κ2) is 5.40. The Morgan fingerprint density at radius 2 is 2.18 bits per heavy atom. The van der Waals surface area contributed by atoms with Crippen molar-refractivity contribution in [3.05, 3.63) is 30.1 Å². The van der Waals surface area contributed by atoms with Crippen LogP contribution in [0.5, 0.6) is 0 Å². The molecular weight excluding hydrogens is 226 g/mol. The van der Waals surface area contributed by atoms with Crippen molar-refractivity contribution in [2.75, 3.05) is 7.11 Å². The van der Waals surface area contributed by atoms with Crippen molar-refractivity contribution in [2.45, 2.75) is 18.4 Å². The number of aliphatic hydroxyl groups is 1. The lowest BCUT2D eigenvalue weighted by molar-refractivity contribution is -0.178. The number of aryl methyl sites for hydroxylation is 1. The lowest BCUT2D eigenvalue weighted by atomic mass is 9.97. The molecule has 1 rings (SSSR count). The Kier molecular flexibility index (Phi) is 4.17. The highest BCUT2D eigenvalue weighted by atomic mass is 16.5. The van der Waals surface area contributed by atoms with E-state index in [1.165, 1.54) is 0 Å². The van der Waals surface area contributed by atoms with Gasteiger partial charge in [0.2, 0.25) is 0 Å². The van der Waals surface area contributed by atoms with Crippen LogP contribution in [0.25, 0.3) is 0 Å². The Bertz CT molecular complexity index is 406. The quantitative estimate of drug-likeness (QED) is 0.554. The normalized spacial score (nSPS) is 13.8. The highest BCUT2D eigenvalue weighted by molar-refractivity contribution is 6.02. The standard InChI is InChI=1S/C11H13NO5/c1-17-10(15)11(16,9(13)14)6-5-8-4-2-3-7-12-8/h2-4,7,16H,5-6H2,1H3,(H,13,14). The minimum atomic E-state index is -2.52. The summed E-state index contributed by atoms with van der Waals surface area (Å²) >= 11 is 0. The van der Waals surface area contributed by atoms with Crippen molar-refractivity contribution in [1.82, 2.24) is 4.98 Å². The van der Waals surface area contributed by atoms with Gasteiger partial charge in [0.05, 0.1) is 7.11 Å². The average Bonchev–Trinajstić information content (AvgIpc) is 2.35. The maximum absolute atomic E-state index is 11.2. The van der Waals surface area contributed by atoms with Crippen molar-refractivity contribution in [3.8, 4) is 0 Å². The molecule has 0 spiro atoms. The molecule has 0 amide bonds. The van der Waals surface area contributed by atoms with Gasteiger partial charge in [0.1, 0.15) is 0 Å². The third-order valence-corrected chi connectivity index (χ3v) is 2.35. The molecule has 0 saturated heterocycles. The van der Waals surface area contributed by atoms with E-state index in [-0.39, 0.29) is 12.8 Å². The number of pyridine rings is 1. The van der Waals surface area contributed by atoms with Gasteiger partial charge in [-0.2, -0.15) is 0 Å². The number of hydrogen-bond donors (Lipinski definition) is 2. The van der Waals surface area contributed by atoms with E-state index in [1.807, 2.05) is 0 Å². The van der Waals surface area contributed by atoms with E-state index < -0.39 is 17.5 Å². The molecule has 6 heteroatoms. The summed E-state index contributed by atoms with van der Waals surface area (Å²) in [4.78, 5) is 26.1. The molecule has 1 unspecified atom stereocenters. The van der Waals surface area contributed by atoms with Crippen LogP contribution in [-0.2, 0) is 20.7 Å². The fourth-order valence-corrected chi connectivity index (χ4v) is 1.32. The summed E-state index contributed by atoms with van der Waals surface area (Å²) in [7, 11) is 1.02. The Labute approximate surface area is 97.9 Å². The van der Waals surface area contributed by atoms with Gasteiger partial charge in [0.25, 0.3) is 5.60 Å². The number of ether oxygens (including phenoxy) is 1. The van der Waals surface area contributed by atoms with Crippen molar-refractivity contribution < 1.29 is 24.5 Å². The molecule has 1 heterocycles. The molecule has 6 nitrogen and oxygen atoms in total. The van der Waals surface area contributed by atoms with Crippen LogP contribution < -0.4 is 0 Å². The number of aliphatic carboxylic acids is 1. The van der Waals surface area contributed by atoms with Crippen LogP contribution in [0, 0.1) is 0 Å². The van der Waals surface area contributed by atoms with Crippen LogP contribution in [0.4, 0.5) is 0 Å². The summed E-state index contributed by atoms with van der Waals surface area (Å²) in [6, 6.07) is 5.13. The molecule has 0 bridgehead atoms. The number of carboxylic acids is 1. The van der Waals surface area contributed by atoms with Gasteiger partial charge in [-0.1, -0.05) is 6.07 Å². The first-order valence-electron chi connectivity index (χ1n) is 4.95. The summed E-state index contributed by atoms with van der Waals surface area (Å²) in [5.41, 5.74) is -1.93. The lowest BCUT2D eigenvalue weighted by Gasteiger charge is -2.19. The molecule has 1 aromatic heterocycles. The highest BCUT2D eigenvalue weighted by Crippen LogP contribution is 2.16. The number of hydrogen-bond acceptors (Lipinski definition) is 5. The van der Waals surface area contributed by atoms with E-state index in [0.717, 1.165) is 7.11 Å². The minimum Gasteiger partial charge on any atom is -0.479 e. The summed E-state index contributed by atoms with van der Waals surface area (Å²) < 4.78 is 4.27. The summed E-state index contributed by atoms with van der Waals surface area (Å²) in [5.74, 6) is -2.80. The number of aromatic nitrogens is 1. The number of esters is 1. The van der Waals surface area contributed by atoms with Crippen LogP contribution in [0.3, 0.4) is 0 Å². The first-order chi connectivity index (χ1) is 8.00. The predicted molar refractivity (Wildman–Crippen MR) is 57.2 cm³/mol. The molecule has 0 fully saturated rings. The number of carboxylic acid groups (broad SMARTS) is 1. The van der Waals surface area contributed by atoms with Gasteiger partial charge in [0, 0.05) is 18.3 Å². The number of nitrogens with zero attached hydrogens (tertiary/aromatic N) is 1. The Balaban J connectivity index is 2.76. The Morgan fingerprint density at radius 1 is 1.47 bits per heavy atom. The molecule has 92 valence electrons. The van der Waals surface area contributed by atoms with Crippen molar-refractivity contribution in [1.29, 1.82) is 0 Å². The topological polar surface area (TPSA) is 96.7 Å². The third-order valence-electron chi connectivity index (χ3n) is 2.35. The molecule has 1 aromatic rings. The van der Waals surface area contributed by atoms with Gasteiger partial charge in [0.15, 0.2) is 0 Å². The van der Waals surface area contributed by atoms with E-state index in [1.54, 1.807) is 24.4 Å². The zero-order valence-corrected chi connectivity index (χ0v) is 9.29. The van der Waals surface area contributed by atoms with Gasteiger partial charge < -0.3 is 14.9 Å². The first kappa shape index (κ1) is 13.1. The maximum atomic E-state index is 11.2. The molecule has 17 heavy (non-hydrogen) atoms. The summed E-state index contributed by atoms with van der Waals surface area (Å²) in [6.07, 6.45) is 1.43. The third kappa shape index (κ3) is 3.01. The number of carbonyl (C=O) groups excluding carboxylic acids is 1. The average molecular weight is 239 g/mol. The number of rotatable bonds is 5. The van der Waals surface area contributed by atoms with Crippen molar-refractivity contribution in [2.24, 2.45) is 0 Å². The smallest absolute Gasteiger partial charge is 0.349 e. The first-order valence-corrected chi connectivity index (χ1v) is 4.95. The zero-order valence-electron chi connectivity index (χ0n) is 9.29. The number of methoxy groups -OCH3 is 1. The van der Waals surface area contributed by atoms with Crippen molar-refractivity contribution in [3.63, 3.8) is 0 Å². The molecular formula is C11H13NO5. The van der Waals surface area contributed by atoms with Crippen LogP contribution in [0.15, 0.2) is 24.4 Å². The molecule has 1 atom stereocenters. The van der Waals surface area contributed by atoms with E-state index in [2.05, 4.69) is 9.72 Å². The summed E-state index contributed by atoms with van der Waals surface area (Å²) in [5, 5.41) is 18.6. The fraction of sp³-hybridized carbons (Fsp3) is 0.364.